The van der Waals surface area contributed by atoms with Crippen molar-refractivity contribution in [2.45, 2.75) is 172 Å². The number of methoxy groups -OCH3 is 1. The summed E-state index contributed by atoms with van der Waals surface area (Å²) in [5.41, 5.74) is -2.03. The number of hydrogen-bond donors (Lipinski definition) is 2. The van der Waals surface area contributed by atoms with Crippen molar-refractivity contribution in [1.82, 2.24) is 19.9 Å². The lowest BCUT2D eigenvalue weighted by Gasteiger charge is -2.49. The van der Waals surface area contributed by atoms with Gasteiger partial charge in [-0.05, 0) is 77.6 Å². The summed E-state index contributed by atoms with van der Waals surface area (Å²) in [6.07, 6.45) is -5.20. The van der Waals surface area contributed by atoms with Gasteiger partial charge >= 0.3 is 11.9 Å². The summed E-state index contributed by atoms with van der Waals surface area (Å²) >= 11 is 0. The molecule has 0 spiro atoms. The number of aliphatic imine (C=N–C) groups is 1. The Balaban J connectivity index is 1.50. The monoisotopic (exact) mass is 1040 g/mol. The number of nitrogens with zero attached hydrogens (tertiary/aromatic N) is 5. The van der Waals surface area contributed by atoms with E-state index in [0.717, 1.165) is 6.26 Å². The lowest BCUT2D eigenvalue weighted by molar-refractivity contribution is -0.305. The van der Waals surface area contributed by atoms with Gasteiger partial charge in [-0.1, -0.05) is 45.0 Å². The molecule has 3 aliphatic rings. The number of amides is 1. The number of aromatic nitrogens is 3. The van der Waals surface area contributed by atoms with E-state index in [2.05, 4.69) is 15.3 Å². The smallest absolute Gasteiger partial charge is 0.311 e. The van der Waals surface area contributed by atoms with Crippen LogP contribution in [0, 0.1) is 23.7 Å². The summed E-state index contributed by atoms with van der Waals surface area (Å²) in [5, 5.41) is 33.0. The van der Waals surface area contributed by atoms with Gasteiger partial charge in [0.1, 0.15) is 43.7 Å². The molecule has 1 amide bonds. The summed E-state index contributed by atoms with van der Waals surface area (Å²) < 4.78 is 84.3. The average Bonchev–Trinajstić information content (AvgIpc) is 3.78. The third kappa shape index (κ3) is 13.8. The van der Waals surface area contributed by atoms with E-state index in [1.807, 2.05) is 25.8 Å². The molecule has 0 saturated carbocycles. The number of fused-ring (bicyclic) bond motifs is 5. The number of sulfone groups is 1. The largest absolute Gasteiger partial charge is 0.459 e. The number of aliphatic hydroxyl groups is 2. The van der Waals surface area contributed by atoms with Gasteiger partial charge in [-0.15, -0.1) is 5.10 Å². The summed E-state index contributed by atoms with van der Waals surface area (Å²) in [6.45, 7) is 14.5. The van der Waals surface area contributed by atoms with Crippen molar-refractivity contribution in [2.75, 3.05) is 46.8 Å². The number of ketones is 1. The fourth-order valence-electron chi connectivity index (χ4n) is 10.7. The maximum absolute atomic E-state index is 14.8. The lowest BCUT2D eigenvalue weighted by atomic mass is 9.73. The zero-order chi connectivity index (χ0) is 53.6. The number of rotatable bonds is 14. The second-order valence-corrected chi connectivity index (χ2v) is 22.4. The van der Waals surface area contributed by atoms with Gasteiger partial charge in [-0.2, -0.15) is 0 Å². The average molecular weight is 1040 g/mol. The van der Waals surface area contributed by atoms with E-state index in [4.69, 9.17) is 33.2 Å². The summed E-state index contributed by atoms with van der Waals surface area (Å²) in [7, 11) is -0.195. The van der Waals surface area contributed by atoms with Crippen LogP contribution in [0.2, 0.25) is 0 Å². The van der Waals surface area contributed by atoms with E-state index in [1.54, 1.807) is 46.0 Å². The second-order valence-electron chi connectivity index (χ2n) is 20.4. The molecule has 0 unspecified atom stereocenters. The molecule has 404 valence electrons. The molecule has 5 rings (SSSR count). The number of benzene rings is 1. The first-order valence-corrected chi connectivity index (χ1v) is 26.5. The molecule has 0 aliphatic carbocycles. The van der Waals surface area contributed by atoms with Gasteiger partial charge < -0.3 is 43.4 Å². The highest BCUT2D eigenvalue weighted by Gasteiger charge is 2.54. The van der Waals surface area contributed by atoms with Gasteiger partial charge in [0.2, 0.25) is 5.91 Å². The van der Waals surface area contributed by atoms with Crippen molar-refractivity contribution in [2.24, 2.45) is 28.7 Å². The van der Waals surface area contributed by atoms with Crippen molar-refractivity contribution >= 4 is 39.2 Å². The SMILES string of the molecule is CC[C@H]1OC(=O)[C@H](C)[C@@H](O)[C@H](C)[C@@H](O[C@@H]2O[C@H](C)C[C@H](N(C)CCc3cn([C@H](CF)[C@H](OC)c4ccc(S(C)(=O)=O)cc4)nn3)[C@H]2OC(C)=O)[C@@]2(C)C[C@@H](C)C(=NC(C)=O)[C@H](C)[C@@H](OCC(=O)CO2)[C@]1(C)O. The summed E-state index contributed by atoms with van der Waals surface area (Å²) in [6, 6.07) is 4.55. The zero-order valence-electron chi connectivity index (χ0n) is 43.9. The van der Waals surface area contributed by atoms with Crippen LogP contribution in [0.4, 0.5) is 4.39 Å². The Morgan fingerprint density at radius 3 is 2.32 bits per heavy atom. The number of esters is 2. The fraction of sp³-hybridized carbons (Fsp3) is 0.740. The van der Waals surface area contributed by atoms with Gasteiger partial charge in [0.15, 0.2) is 28.0 Å². The Hall–Kier alpha value is -4.13. The molecular formula is C50H76FN5O15S. The summed E-state index contributed by atoms with van der Waals surface area (Å²) in [4.78, 5) is 60.1. The van der Waals surface area contributed by atoms with Crippen LogP contribution in [0.1, 0.15) is 112 Å². The fourth-order valence-corrected chi connectivity index (χ4v) is 11.3. The van der Waals surface area contributed by atoms with Crippen LogP contribution in [0.15, 0.2) is 40.4 Å². The predicted molar refractivity (Wildman–Crippen MR) is 259 cm³/mol. The Morgan fingerprint density at radius 1 is 1.07 bits per heavy atom. The number of aliphatic hydroxyl groups excluding tert-OH is 1. The molecule has 3 aliphatic heterocycles. The van der Waals surface area contributed by atoms with Crippen LogP contribution in [0.25, 0.3) is 0 Å². The molecule has 16 atom stereocenters. The van der Waals surface area contributed by atoms with Crippen LogP contribution in [-0.2, 0) is 68.6 Å². The molecule has 2 N–H and O–H groups in total. The minimum Gasteiger partial charge on any atom is -0.459 e. The highest BCUT2D eigenvalue weighted by Crippen LogP contribution is 2.41. The Kier molecular flexibility index (Phi) is 20.0. The van der Waals surface area contributed by atoms with Gasteiger partial charge in [0.25, 0.3) is 0 Å². The van der Waals surface area contributed by atoms with Crippen molar-refractivity contribution in [3.63, 3.8) is 0 Å². The molecule has 2 aromatic rings. The molecule has 1 aromatic heterocycles. The molecule has 20 nitrogen and oxygen atoms in total. The van der Waals surface area contributed by atoms with Crippen LogP contribution in [0.3, 0.4) is 0 Å². The number of hydrogen-bond acceptors (Lipinski definition) is 18. The Morgan fingerprint density at radius 2 is 1.74 bits per heavy atom. The molecule has 1 aromatic carbocycles. The predicted octanol–water partition coefficient (Wildman–Crippen LogP) is 3.99. The molecule has 3 fully saturated rings. The number of halogens is 1. The molecule has 22 heteroatoms. The minimum absolute atomic E-state index is 0.0394. The first-order chi connectivity index (χ1) is 33.7. The van der Waals surface area contributed by atoms with Gasteiger partial charge in [0, 0.05) is 63.9 Å². The Labute approximate surface area is 422 Å². The van der Waals surface area contributed by atoms with Crippen LogP contribution < -0.4 is 0 Å². The van der Waals surface area contributed by atoms with Gasteiger partial charge in [-0.3, -0.25) is 24.1 Å². The van der Waals surface area contributed by atoms with Crippen molar-refractivity contribution < 1.29 is 75.4 Å². The number of carbonyl (C=O) groups excluding carboxylic acids is 4. The first kappa shape index (κ1) is 58.8. The molecule has 4 heterocycles. The summed E-state index contributed by atoms with van der Waals surface area (Å²) in [5.74, 6) is -6.04. The zero-order valence-corrected chi connectivity index (χ0v) is 44.7. The quantitative estimate of drug-likeness (QED) is 0.254. The minimum atomic E-state index is -3.46. The van der Waals surface area contributed by atoms with E-state index in [1.165, 1.54) is 51.6 Å². The van der Waals surface area contributed by atoms with Crippen molar-refractivity contribution in [3.8, 4) is 0 Å². The highest BCUT2D eigenvalue weighted by atomic mass is 32.2. The molecular weight excluding hydrogens is 962 g/mol. The second kappa shape index (κ2) is 24.5. The van der Waals surface area contributed by atoms with Crippen molar-refractivity contribution in [3.05, 3.63) is 41.7 Å². The van der Waals surface area contributed by atoms with Gasteiger partial charge in [-0.25, -0.2) is 22.5 Å². The van der Waals surface area contributed by atoms with E-state index in [0.29, 0.717) is 36.4 Å². The third-order valence-corrected chi connectivity index (χ3v) is 15.7. The van der Waals surface area contributed by atoms with Crippen LogP contribution >= 0.6 is 0 Å². The van der Waals surface area contributed by atoms with E-state index < -0.39 is 149 Å². The number of alkyl halides is 1. The van der Waals surface area contributed by atoms with E-state index in [9.17, 15) is 42.2 Å². The first-order valence-electron chi connectivity index (χ1n) is 24.6. The van der Waals surface area contributed by atoms with E-state index in [-0.39, 0.29) is 17.7 Å². The standard InChI is InChI=1S/C50H76FN5O15S/c1-14-40-50(10,62)46-29(4)41(52-32(7)57)27(2)22-49(9,67-26-36(59)25-66-46)45(30(5)42(60)31(6)47(61)70-40)71-48-44(69-33(8)58)38(21-28(3)68-48)55(11)20-19-35-24-56(54-53-35)39(23-51)43(65-12)34-15-17-37(18-16-34)72(13,63)64/h15-18,24,27-31,38-40,42-46,48,60,62H,14,19-23,25-26H2,1-13H3/t27-,28-,29+,30+,31-,38+,39-,40-,42+,43-,44-,45-,46-,48+,49-,50-/m1/s1. The normalized spacial score (nSPS) is 34.9. The maximum Gasteiger partial charge on any atom is 0.311 e. The number of carbonyl (C=O) groups is 4. The topological polar surface area (TPSA) is 254 Å². The molecule has 72 heavy (non-hydrogen) atoms. The van der Waals surface area contributed by atoms with Gasteiger partial charge in [0.05, 0.1) is 52.6 Å². The van der Waals surface area contributed by atoms with Crippen LogP contribution in [-0.4, -0.2) is 175 Å². The Bertz CT molecular complexity index is 2330. The number of likely N-dealkylation sites (N-methyl/N-ethyl adjacent to an activating group) is 1. The molecule has 2 bridgehead atoms. The molecule has 0 radical (unpaired) electrons. The number of ether oxygens (including phenoxy) is 7. The third-order valence-electron chi connectivity index (χ3n) is 14.5. The number of Topliss-reactive ketones (excluding diaryl/α,β-unsaturated/α-hetero) is 1. The highest BCUT2D eigenvalue weighted by molar-refractivity contribution is 7.90. The number of cyclic esters (lactones) is 1. The maximum atomic E-state index is 14.8. The van der Waals surface area contributed by atoms with Crippen LogP contribution in [0.5, 0.6) is 0 Å². The lowest BCUT2D eigenvalue weighted by Crippen LogP contribution is -2.61. The molecule has 3 saturated heterocycles. The van der Waals surface area contributed by atoms with E-state index >= 15 is 0 Å². The van der Waals surface area contributed by atoms with Crippen molar-refractivity contribution in [1.29, 1.82) is 0 Å².